The number of hydrogen-bond donors (Lipinski definition) is 2. The predicted molar refractivity (Wildman–Crippen MR) is 96.0 cm³/mol. The number of nitrogen functional groups attached to an aromatic ring is 1. The van der Waals surface area contributed by atoms with Gasteiger partial charge in [-0.05, 0) is 43.7 Å². The van der Waals surface area contributed by atoms with Crippen molar-refractivity contribution < 1.29 is 0 Å². The summed E-state index contributed by atoms with van der Waals surface area (Å²) in [5.74, 6) is 0. The average molecular weight is 324 g/mol. The second-order valence-corrected chi connectivity index (χ2v) is 6.67. The van der Waals surface area contributed by atoms with Crippen LogP contribution in [-0.2, 0) is 6.54 Å². The maximum absolute atomic E-state index is 12.7. The number of nitrogens with zero attached hydrogens (tertiary/aromatic N) is 2. The van der Waals surface area contributed by atoms with Gasteiger partial charge < -0.3 is 10.3 Å². The largest absolute Gasteiger partial charge is 0.391 e. The van der Waals surface area contributed by atoms with Gasteiger partial charge in [0, 0.05) is 22.5 Å². The van der Waals surface area contributed by atoms with E-state index in [1.54, 1.807) is 15.9 Å². The van der Waals surface area contributed by atoms with Gasteiger partial charge in [0.1, 0.15) is 5.52 Å². The van der Waals surface area contributed by atoms with Crippen LogP contribution in [0.5, 0.6) is 0 Å². The molecule has 0 bridgehead atoms. The highest BCUT2D eigenvalue weighted by atomic mass is 32.1. The number of fused-ring (bicyclic) bond motifs is 3. The van der Waals surface area contributed by atoms with Crippen molar-refractivity contribution in [3.63, 3.8) is 0 Å². The van der Waals surface area contributed by atoms with E-state index in [-0.39, 0.29) is 5.56 Å². The van der Waals surface area contributed by atoms with Gasteiger partial charge in [-0.3, -0.25) is 9.89 Å². The summed E-state index contributed by atoms with van der Waals surface area (Å²) >= 11 is 1.55. The number of nitrogens with two attached hydrogens (primary N) is 1. The molecule has 3 heterocycles. The lowest BCUT2D eigenvalue weighted by Crippen LogP contribution is -2.20. The molecule has 0 aliphatic rings. The number of rotatable bonds is 2. The lowest BCUT2D eigenvalue weighted by atomic mass is 10.1. The highest BCUT2D eigenvalue weighted by Crippen LogP contribution is 2.33. The van der Waals surface area contributed by atoms with Gasteiger partial charge in [0.15, 0.2) is 0 Å². The van der Waals surface area contributed by atoms with E-state index in [1.165, 1.54) is 0 Å². The van der Waals surface area contributed by atoms with E-state index < -0.39 is 0 Å². The zero-order chi connectivity index (χ0) is 16.1. The molecule has 4 aromatic rings. The van der Waals surface area contributed by atoms with E-state index in [9.17, 15) is 4.79 Å². The minimum atomic E-state index is 0.00867. The van der Waals surface area contributed by atoms with Crippen molar-refractivity contribution in [2.24, 2.45) is 0 Å². The number of nitrogens with one attached hydrogen (secondary N) is 1. The molecule has 0 saturated heterocycles. The van der Waals surface area contributed by atoms with Crippen LogP contribution in [-0.4, -0.2) is 14.8 Å². The Kier molecular flexibility index (Phi) is 3.02. The third-order valence-electron chi connectivity index (χ3n) is 4.18. The molecule has 0 aliphatic heterocycles. The lowest BCUT2D eigenvalue weighted by molar-refractivity contribution is 0.766. The molecule has 23 heavy (non-hydrogen) atoms. The number of H-pyrrole nitrogens is 1. The van der Waals surface area contributed by atoms with E-state index in [0.29, 0.717) is 11.9 Å². The molecule has 0 amide bonds. The van der Waals surface area contributed by atoms with E-state index in [2.05, 4.69) is 16.3 Å². The third-order valence-corrected chi connectivity index (χ3v) is 5.14. The molecule has 6 heteroatoms. The second-order valence-electron chi connectivity index (χ2n) is 5.56. The first-order valence-corrected chi connectivity index (χ1v) is 8.28. The molecule has 4 rings (SSSR count). The van der Waals surface area contributed by atoms with Crippen LogP contribution in [0, 0.1) is 6.92 Å². The minimum Gasteiger partial charge on any atom is -0.391 e. The Morgan fingerprint density at radius 3 is 2.83 bits per heavy atom. The number of anilines is 1. The minimum absolute atomic E-state index is 0.00867. The van der Waals surface area contributed by atoms with Gasteiger partial charge in [-0.1, -0.05) is 6.07 Å². The molecule has 3 N–H and O–H groups in total. The van der Waals surface area contributed by atoms with E-state index in [0.717, 1.165) is 37.6 Å². The maximum atomic E-state index is 12.7. The first kappa shape index (κ1) is 14.0. The van der Waals surface area contributed by atoms with E-state index in [4.69, 9.17) is 5.73 Å². The summed E-state index contributed by atoms with van der Waals surface area (Å²) in [5.41, 5.74) is 9.39. The molecule has 0 atom stereocenters. The quantitative estimate of drug-likeness (QED) is 0.592. The standard InChI is InChI=1S/C17H16N4OS/c1-3-21-12-5-4-10(13-6-7-14(18)23-13)8-11(12)16-15(17(21)22)9(2)19-20-16/h4-8H,3,18H2,1-2H3,(H,19,20). The third kappa shape index (κ3) is 1.98. The van der Waals surface area contributed by atoms with Crippen LogP contribution in [0.25, 0.3) is 32.2 Å². The molecule has 0 saturated carbocycles. The summed E-state index contributed by atoms with van der Waals surface area (Å²) in [6.07, 6.45) is 0. The fourth-order valence-corrected chi connectivity index (χ4v) is 3.84. The summed E-state index contributed by atoms with van der Waals surface area (Å²) in [6, 6.07) is 10.0. The van der Waals surface area contributed by atoms with Crippen molar-refractivity contribution in [2.75, 3.05) is 5.73 Å². The van der Waals surface area contributed by atoms with Crippen molar-refractivity contribution >= 4 is 38.1 Å². The molecule has 116 valence electrons. The van der Waals surface area contributed by atoms with Crippen molar-refractivity contribution in [3.05, 3.63) is 46.4 Å². The normalized spacial score (nSPS) is 11.6. The maximum Gasteiger partial charge on any atom is 0.262 e. The SMILES string of the molecule is CCn1c(=O)c2c(C)[nH]nc2c2cc(-c3ccc(N)s3)ccc21. The number of hydrogen-bond acceptors (Lipinski definition) is 4. The van der Waals surface area contributed by atoms with Gasteiger partial charge in [0.25, 0.3) is 5.56 Å². The molecule has 0 spiro atoms. The number of aromatic amines is 1. The molecule has 5 nitrogen and oxygen atoms in total. The van der Waals surface area contributed by atoms with Crippen LogP contribution in [0.4, 0.5) is 5.00 Å². The first-order valence-electron chi connectivity index (χ1n) is 7.47. The van der Waals surface area contributed by atoms with Crippen molar-refractivity contribution in [1.29, 1.82) is 0 Å². The topological polar surface area (TPSA) is 76.7 Å². The predicted octanol–water partition coefficient (Wildman–Crippen LogP) is 3.52. The van der Waals surface area contributed by atoms with Crippen LogP contribution in [0.1, 0.15) is 12.6 Å². The summed E-state index contributed by atoms with van der Waals surface area (Å²) in [7, 11) is 0. The molecule has 1 aromatic carbocycles. The fourth-order valence-electron chi connectivity index (χ4n) is 3.07. The first-order chi connectivity index (χ1) is 11.1. The van der Waals surface area contributed by atoms with Gasteiger partial charge in [-0.2, -0.15) is 5.10 Å². The van der Waals surface area contributed by atoms with Crippen LogP contribution in [0.3, 0.4) is 0 Å². The van der Waals surface area contributed by atoms with E-state index in [1.807, 2.05) is 38.1 Å². The zero-order valence-electron chi connectivity index (χ0n) is 12.9. The average Bonchev–Trinajstić information content (AvgIpc) is 3.14. The Hall–Kier alpha value is -2.60. The van der Waals surface area contributed by atoms with Crippen LogP contribution < -0.4 is 11.3 Å². The number of aromatic nitrogens is 3. The fraction of sp³-hybridized carbons (Fsp3) is 0.176. The Morgan fingerprint density at radius 2 is 2.13 bits per heavy atom. The zero-order valence-corrected chi connectivity index (χ0v) is 13.7. The molecule has 0 fully saturated rings. The Morgan fingerprint density at radius 1 is 1.30 bits per heavy atom. The van der Waals surface area contributed by atoms with Gasteiger partial charge in [0.2, 0.25) is 0 Å². The summed E-state index contributed by atoms with van der Waals surface area (Å²) in [5, 5.41) is 9.75. The Bertz CT molecular complexity index is 1100. The highest BCUT2D eigenvalue weighted by molar-refractivity contribution is 7.19. The van der Waals surface area contributed by atoms with Crippen molar-refractivity contribution in [2.45, 2.75) is 20.4 Å². The highest BCUT2D eigenvalue weighted by Gasteiger charge is 2.15. The Labute approximate surface area is 136 Å². The smallest absolute Gasteiger partial charge is 0.262 e. The van der Waals surface area contributed by atoms with Crippen LogP contribution in [0.2, 0.25) is 0 Å². The molecular formula is C17H16N4OS. The molecule has 3 aromatic heterocycles. The van der Waals surface area contributed by atoms with Gasteiger partial charge in [-0.15, -0.1) is 11.3 Å². The second kappa shape index (κ2) is 4.96. The number of thiophene rings is 1. The van der Waals surface area contributed by atoms with Crippen LogP contribution >= 0.6 is 11.3 Å². The molecule has 0 unspecified atom stereocenters. The summed E-state index contributed by atoms with van der Waals surface area (Å²) in [4.78, 5) is 13.8. The number of benzene rings is 1. The number of aryl methyl sites for hydroxylation is 2. The summed E-state index contributed by atoms with van der Waals surface area (Å²) < 4.78 is 1.80. The van der Waals surface area contributed by atoms with Gasteiger partial charge in [-0.25, -0.2) is 0 Å². The van der Waals surface area contributed by atoms with Gasteiger partial charge >= 0.3 is 0 Å². The van der Waals surface area contributed by atoms with Crippen molar-refractivity contribution in [3.8, 4) is 10.4 Å². The molecule has 0 aliphatic carbocycles. The monoisotopic (exact) mass is 324 g/mol. The molecule has 0 radical (unpaired) electrons. The Balaban J connectivity index is 2.13. The van der Waals surface area contributed by atoms with E-state index >= 15 is 0 Å². The van der Waals surface area contributed by atoms with Crippen molar-refractivity contribution in [1.82, 2.24) is 14.8 Å². The lowest BCUT2D eigenvalue weighted by Gasteiger charge is -2.10. The number of pyridine rings is 1. The summed E-state index contributed by atoms with van der Waals surface area (Å²) in [6.45, 7) is 4.49. The van der Waals surface area contributed by atoms with Crippen LogP contribution in [0.15, 0.2) is 35.1 Å². The molecular weight excluding hydrogens is 308 g/mol. The van der Waals surface area contributed by atoms with Gasteiger partial charge in [0.05, 0.1) is 15.9 Å².